The lowest BCUT2D eigenvalue weighted by atomic mass is 9.52. The van der Waals surface area contributed by atoms with Crippen LogP contribution in [0.15, 0.2) is 24.3 Å². The number of aldehydes is 1. The molecule has 73 heavy (non-hydrogen) atoms. The molecule has 0 N–H and O–H groups in total. The molecule has 0 spiro atoms. The highest BCUT2D eigenvalue weighted by atomic mass is 16.2. The molecule has 0 heterocycles. The zero-order valence-electron chi connectivity index (χ0n) is 49.2. The van der Waals surface area contributed by atoms with Gasteiger partial charge < -0.3 is 4.79 Å². The minimum atomic E-state index is -2.35. The van der Waals surface area contributed by atoms with E-state index in [4.69, 9.17) is 0 Å². The third-order valence-electron chi connectivity index (χ3n) is 16.0. The van der Waals surface area contributed by atoms with Crippen LogP contribution in [0.1, 0.15) is 356 Å². The molecule has 6 nitrogen and oxygen atoms in total. The van der Waals surface area contributed by atoms with Crippen LogP contribution in [0.5, 0.6) is 0 Å². The van der Waals surface area contributed by atoms with Gasteiger partial charge in [0.15, 0.2) is 17.0 Å². The van der Waals surface area contributed by atoms with E-state index < -0.39 is 34.0 Å². The van der Waals surface area contributed by atoms with Gasteiger partial charge in [0.1, 0.15) is 29.1 Å². The first-order valence-electron chi connectivity index (χ1n) is 32.1. The third-order valence-corrected chi connectivity index (χ3v) is 16.0. The summed E-state index contributed by atoms with van der Waals surface area (Å²) in [5.41, 5.74) is -4.35. The van der Waals surface area contributed by atoms with Crippen LogP contribution in [0.3, 0.4) is 0 Å². The minimum absolute atomic E-state index is 0.00971. The molecule has 0 aliphatic carbocycles. The molecule has 0 aromatic rings. The smallest absolute Gasteiger partial charge is 0.177 e. The van der Waals surface area contributed by atoms with Gasteiger partial charge in [-0.1, -0.05) is 271 Å². The summed E-state index contributed by atoms with van der Waals surface area (Å²) in [6.45, 7) is 10.2. The monoisotopic (exact) mass is 1020 g/mol. The summed E-state index contributed by atoms with van der Waals surface area (Å²) >= 11 is 0. The minimum Gasteiger partial charge on any atom is -0.302 e. The topological polar surface area (TPSA) is 102 Å². The molecule has 0 saturated heterocycles. The molecule has 0 radical (unpaired) electrons. The Balaban J connectivity index is 5.27. The molecule has 0 aromatic heterocycles. The lowest BCUT2D eigenvalue weighted by molar-refractivity contribution is -0.165. The zero-order valence-corrected chi connectivity index (χ0v) is 49.2. The highest BCUT2D eigenvalue weighted by molar-refractivity contribution is 6.30. The van der Waals surface area contributed by atoms with Crippen molar-refractivity contribution in [2.75, 3.05) is 0 Å². The summed E-state index contributed by atoms with van der Waals surface area (Å²) in [6.07, 6.45) is 59.2. The Kier molecular flexibility index (Phi) is 49.8. The SMILES string of the molecule is CCCCCCCCC=CC(=O)C(C=O)(C(=O)CCCCCCCCCCC)C(CCCCC/C=C\CCCCCCCCC(=O)CCCCCCCCCCCCCCC)(C(C)=O)C(=O)CCCCCCC. The van der Waals surface area contributed by atoms with E-state index in [2.05, 4.69) is 39.8 Å². The second kappa shape index (κ2) is 51.6. The van der Waals surface area contributed by atoms with E-state index >= 15 is 0 Å². The normalized spacial score (nSPS) is 13.4. The number of carbonyl (C=O) groups excluding carboxylic acids is 6. The van der Waals surface area contributed by atoms with Gasteiger partial charge in [0.25, 0.3) is 0 Å². The van der Waals surface area contributed by atoms with Gasteiger partial charge in [0.2, 0.25) is 0 Å². The lowest BCUT2D eigenvalue weighted by Crippen LogP contribution is -2.61. The summed E-state index contributed by atoms with van der Waals surface area (Å²) in [4.78, 5) is 84.5. The standard InChI is InChI=1S/C67H120O6/c1-6-10-14-18-21-24-25-27-30-34-37-43-48-54-62(70)55-49-44-38-35-31-28-26-29-32-36-41-47-53-59-66(61(5)69,63(71)56-50-42-17-13-9-4)67(60-68,64(72)57-51-45-39-23-20-16-12-8-3)65(73)58-52-46-40-33-22-19-15-11-7-2/h29,32,51,57,60H,6-28,30-31,33-50,52-56,58-59H2,1-5H3/b32-29-,57-51?. The van der Waals surface area contributed by atoms with Crippen molar-refractivity contribution < 1.29 is 28.8 Å². The second-order valence-corrected chi connectivity index (χ2v) is 22.6. The van der Waals surface area contributed by atoms with Gasteiger partial charge in [-0.25, -0.2) is 0 Å². The summed E-state index contributed by atoms with van der Waals surface area (Å²) in [7, 11) is 0. The molecule has 424 valence electrons. The van der Waals surface area contributed by atoms with E-state index in [0.717, 1.165) is 135 Å². The van der Waals surface area contributed by atoms with Crippen LogP contribution in [0.4, 0.5) is 0 Å². The number of allylic oxidation sites excluding steroid dienone is 4. The van der Waals surface area contributed by atoms with Crippen LogP contribution < -0.4 is 0 Å². The van der Waals surface area contributed by atoms with Gasteiger partial charge in [-0.05, 0) is 83.6 Å². The maximum Gasteiger partial charge on any atom is 0.177 e. The number of hydrogen-bond acceptors (Lipinski definition) is 6. The van der Waals surface area contributed by atoms with Crippen LogP contribution in [-0.4, -0.2) is 35.2 Å². The van der Waals surface area contributed by atoms with Crippen molar-refractivity contribution in [1.29, 1.82) is 0 Å². The van der Waals surface area contributed by atoms with E-state index in [1.54, 1.807) is 6.08 Å². The molecule has 0 amide bonds. The van der Waals surface area contributed by atoms with E-state index in [-0.39, 0.29) is 19.3 Å². The zero-order chi connectivity index (χ0) is 53.8. The molecular weight excluding hydrogens is 901 g/mol. The Bertz CT molecular complexity index is 1410. The van der Waals surface area contributed by atoms with Crippen LogP contribution in [-0.2, 0) is 28.8 Å². The van der Waals surface area contributed by atoms with E-state index in [1.165, 1.54) is 154 Å². The van der Waals surface area contributed by atoms with Gasteiger partial charge in [-0.15, -0.1) is 0 Å². The Labute approximate surface area is 452 Å². The van der Waals surface area contributed by atoms with Crippen molar-refractivity contribution >= 4 is 35.2 Å². The van der Waals surface area contributed by atoms with Crippen LogP contribution in [0, 0.1) is 10.8 Å². The highest BCUT2D eigenvalue weighted by Crippen LogP contribution is 2.48. The Hall–Kier alpha value is -2.50. The number of ketones is 5. The van der Waals surface area contributed by atoms with Gasteiger partial charge in [0, 0.05) is 25.7 Å². The molecule has 0 aliphatic rings. The highest BCUT2D eigenvalue weighted by Gasteiger charge is 2.65. The predicted molar refractivity (Wildman–Crippen MR) is 313 cm³/mol. The van der Waals surface area contributed by atoms with Crippen molar-refractivity contribution in [3.8, 4) is 0 Å². The molecule has 0 aromatic carbocycles. The quantitative estimate of drug-likeness (QED) is 0.0198. The average molecular weight is 1020 g/mol. The van der Waals surface area contributed by atoms with E-state index in [0.29, 0.717) is 37.8 Å². The molecule has 2 unspecified atom stereocenters. The Morgan fingerprint density at radius 1 is 0.329 bits per heavy atom. The van der Waals surface area contributed by atoms with E-state index in [1.807, 2.05) is 0 Å². The first-order chi connectivity index (χ1) is 35.7. The van der Waals surface area contributed by atoms with Gasteiger partial charge in [0.05, 0.1) is 0 Å². The number of rotatable bonds is 59. The Morgan fingerprint density at radius 2 is 0.616 bits per heavy atom. The molecular formula is C67H120O6. The van der Waals surface area contributed by atoms with Crippen molar-refractivity contribution in [1.82, 2.24) is 0 Å². The maximum atomic E-state index is 14.7. The maximum absolute atomic E-state index is 14.7. The summed E-state index contributed by atoms with van der Waals surface area (Å²) in [5, 5.41) is 0. The summed E-state index contributed by atoms with van der Waals surface area (Å²) < 4.78 is 0. The van der Waals surface area contributed by atoms with Gasteiger partial charge >= 0.3 is 0 Å². The van der Waals surface area contributed by atoms with Crippen molar-refractivity contribution in [2.24, 2.45) is 10.8 Å². The molecule has 0 aliphatic heterocycles. The summed E-state index contributed by atoms with van der Waals surface area (Å²) in [5.74, 6) is -1.71. The number of unbranched alkanes of at least 4 members (excludes halogenated alkanes) is 39. The average Bonchev–Trinajstić information content (AvgIpc) is 3.38. The van der Waals surface area contributed by atoms with Crippen molar-refractivity contribution in [2.45, 2.75) is 356 Å². The second-order valence-electron chi connectivity index (χ2n) is 22.6. The Morgan fingerprint density at radius 3 is 0.959 bits per heavy atom. The molecule has 6 heteroatoms. The van der Waals surface area contributed by atoms with Crippen molar-refractivity contribution in [3.05, 3.63) is 24.3 Å². The van der Waals surface area contributed by atoms with Crippen LogP contribution >= 0.6 is 0 Å². The third kappa shape index (κ3) is 34.7. The van der Waals surface area contributed by atoms with Crippen LogP contribution in [0.2, 0.25) is 0 Å². The van der Waals surface area contributed by atoms with Crippen molar-refractivity contribution in [3.63, 3.8) is 0 Å². The van der Waals surface area contributed by atoms with E-state index in [9.17, 15) is 28.8 Å². The first-order valence-corrected chi connectivity index (χ1v) is 32.1. The largest absolute Gasteiger partial charge is 0.302 e. The fourth-order valence-corrected chi connectivity index (χ4v) is 11.1. The number of Topliss-reactive ketones (excluding diaryl/α,β-unsaturated/α-hetero) is 4. The molecule has 2 atom stereocenters. The fraction of sp³-hybridized carbons (Fsp3) is 0.851. The van der Waals surface area contributed by atoms with Gasteiger partial charge in [-0.2, -0.15) is 0 Å². The predicted octanol–water partition coefficient (Wildman–Crippen LogP) is 20.7. The van der Waals surface area contributed by atoms with Gasteiger partial charge in [-0.3, -0.25) is 24.0 Å². The molecule has 0 rings (SSSR count). The molecule has 0 fully saturated rings. The van der Waals surface area contributed by atoms with Crippen LogP contribution in [0.25, 0.3) is 0 Å². The number of carbonyl (C=O) groups is 6. The lowest BCUT2D eigenvalue weighted by Gasteiger charge is -2.42. The summed E-state index contributed by atoms with van der Waals surface area (Å²) in [6, 6.07) is 0. The first kappa shape index (κ1) is 70.5. The molecule has 0 saturated carbocycles. The molecule has 0 bridgehead atoms. The number of hydrogen-bond donors (Lipinski definition) is 0. The fourth-order valence-electron chi connectivity index (χ4n) is 11.1.